The lowest BCUT2D eigenvalue weighted by atomic mass is 9.81. The van der Waals surface area contributed by atoms with E-state index < -0.39 is 0 Å². The number of anilines is 1. The van der Waals surface area contributed by atoms with Crippen molar-refractivity contribution in [1.29, 1.82) is 0 Å². The van der Waals surface area contributed by atoms with E-state index in [0.717, 1.165) is 12.5 Å². The Kier molecular flexibility index (Phi) is 3.08. The number of nitrogens with zero attached hydrogens (tertiary/aromatic N) is 4. The molecule has 0 saturated carbocycles. The van der Waals surface area contributed by atoms with Gasteiger partial charge in [-0.2, -0.15) is 0 Å². The normalized spacial score (nSPS) is 12.1. The molecule has 14 heavy (non-hydrogen) atoms. The van der Waals surface area contributed by atoms with Gasteiger partial charge in [0.25, 0.3) is 0 Å². The Hall–Kier alpha value is -1.13. The number of hydrogen-bond acceptors (Lipinski definition) is 4. The van der Waals surface area contributed by atoms with Crippen LogP contribution in [0.3, 0.4) is 0 Å². The molecule has 0 spiro atoms. The molecule has 0 radical (unpaired) electrons. The number of aryl methyl sites for hydroxylation is 1. The fourth-order valence-electron chi connectivity index (χ4n) is 0.890. The maximum absolute atomic E-state index is 3.87. The maximum atomic E-state index is 3.87. The highest BCUT2D eigenvalue weighted by Gasteiger charge is 2.22. The van der Waals surface area contributed by atoms with E-state index in [0.29, 0.717) is 5.92 Å². The molecule has 0 aliphatic rings. The number of aromatic nitrogens is 4. The molecule has 0 aliphatic carbocycles. The molecule has 0 aromatic carbocycles. The van der Waals surface area contributed by atoms with Crippen LogP contribution in [0.15, 0.2) is 0 Å². The largest absolute Gasteiger partial charge is 0.353 e. The van der Waals surface area contributed by atoms with E-state index in [2.05, 4.69) is 48.5 Å². The first kappa shape index (κ1) is 10.9. The summed E-state index contributed by atoms with van der Waals surface area (Å²) >= 11 is 0. The Morgan fingerprint density at radius 2 is 2.07 bits per heavy atom. The van der Waals surface area contributed by atoms with E-state index in [4.69, 9.17) is 0 Å². The molecule has 0 unspecified atom stereocenters. The van der Waals surface area contributed by atoms with Crippen molar-refractivity contribution in [1.82, 2.24) is 20.2 Å². The molecule has 1 aromatic rings. The van der Waals surface area contributed by atoms with E-state index >= 15 is 0 Å². The van der Waals surface area contributed by atoms with Crippen LogP contribution in [0.2, 0.25) is 0 Å². The van der Waals surface area contributed by atoms with Crippen LogP contribution in [-0.2, 0) is 7.05 Å². The van der Waals surface area contributed by atoms with Gasteiger partial charge in [0, 0.05) is 13.6 Å². The van der Waals surface area contributed by atoms with Crippen LogP contribution in [0, 0.1) is 11.3 Å². The second kappa shape index (κ2) is 3.94. The Labute approximate surface area is 84.9 Å². The van der Waals surface area contributed by atoms with Gasteiger partial charge in [0.15, 0.2) is 0 Å². The Balaban J connectivity index is 2.53. The van der Waals surface area contributed by atoms with Gasteiger partial charge in [0.2, 0.25) is 5.95 Å². The van der Waals surface area contributed by atoms with Crippen LogP contribution < -0.4 is 5.32 Å². The zero-order chi connectivity index (χ0) is 10.8. The highest BCUT2D eigenvalue weighted by Crippen LogP contribution is 2.25. The summed E-state index contributed by atoms with van der Waals surface area (Å²) in [5, 5.41) is 14.4. The van der Waals surface area contributed by atoms with Crippen molar-refractivity contribution in [3.05, 3.63) is 0 Å². The molecule has 0 saturated heterocycles. The van der Waals surface area contributed by atoms with Crippen LogP contribution in [-0.4, -0.2) is 26.8 Å². The zero-order valence-corrected chi connectivity index (χ0v) is 9.57. The van der Waals surface area contributed by atoms with Crippen LogP contribution in [0.5, 0.6) is 0 Å². The van der Waals surface area contributed by atoms with Gasteiger partial charge >= 0.3 is 0 Å². The summed E-state index contributed by atoms with van der Waals surface area (Å²) in [6.07, 6.45) is 0. The van der Waals surface area contributed by atoms with Gasteiger partial charge in [0.1, 0.15) is 0 Å². The molecule has 1 aromatic heterocycles. The quantitative estimate of drug-likeness (QED) is 0.790. The fourth-order valence-corrected chi connectivity index (χ4v) is 0.890. The molecular weight excluding hydrogens is 178 g/mol. The van der Waals surface area contributed by atoms with Crippen LogP contribution in [0.25, 0.3) is 0 Å². The van der Waals surface area contributed by atoms with Crippen molar-refractivity contribution < 1.29 is 0 Å². The summed E-state index contributed by atoms with van der Waals surface area (Å²) < 4.78 is 1.64. The smallest absolute Gasteiger partial charge is 0.242 e. The summed E-state index contributed by atoms with van der Waals surface area (Å²) in [5.41, 5.74) is 0.242. The highest BCUT2D eigenvalue weighted by molar-refractivity contribution is 5.21. The molecule has 1 heterocycles. The predicted octanol–water partition coefficient (Wildman–Crippen LogP) is 1.30. The lowest BCUT2D eigenvalue weighted by molar-refractivity contribution is 0.269. The van der Waals surface area contributed by atoms with Crippen LogP contribution in [0.4, 0.5) is 5.95 Å². The summed E-state index contributed by atoms with van der Waals surface area (Å²) in [6, 6.07) is 0. The predicted molar refractivity (Wildman–Crippen MR) is 55.9 cm³/mol. The Bertz CT molecular complexity index is 289. The van der Waals surface area contributed by atoms with E-state index in [1.165, 1.54) is 0 Å². The van der Waals surface area contributed by atoms with E-state index in [-0.39, 0.29) is 5.41 Å². The average molecular weight is 197 g/mol. The van der Waals surface area contributed by atoms with Crippen molar-refractivity contribution in [3.8, 4) is 0 Å². The average Bonchev–Trinajstić information content (AvgIpc) is 2.47. The minimum Gasteiger partial charge on any atom is -0.353 e. The molecule has 0 aliphatic heterocycles. The summed E-state index contributed by atoms with van der Waals surface area (Å²) in [7, 11) is 1.82. The van der Waals surface area contributed by atoms with Gasteiger partial charge in [-0.3, -0.25) is 0 Å². The topological polar surface area (TPSA) is 55.6 Å². The highest BCUT2D eigenvalue weighted by atomic mass is 15.6. The lowest BCUT2D eigenvalue weighted by Gasteiger charge is -2.29. The minimum atomic E-state index is 0.242. The summed E-state index contributed by atoms with van der Waals surface area (Å²) in [6.45, 7) is 9.77. The van der Waals surface area contributed by atoms with Gasteiger partial charge in [-0.1, -0.05) is 32.8 Å². The Morgan fingerprint density at radius 3 is 2.50 bits per heavy atom. The minimum absolute atomic E-state index is 0.242. The third kappa shape index (κ3) is 2.43. The SMILES string of the molecule is CC(C)C(C)(C)CNc1nnnn1C. The molecule has 5 heteroatoms. The number of rotatable bonds is 4. The second-order valence-electron chi connectivity index (χ2n) is 4.62. The summed E-state index contributed by atoms with van der Waals surface area (Å²) in [5.74, 6) is 1.34. The molecule has 0 atom stereocenters. The van der Waals surface area contributed by atoms with Gasteiger partial charge in [-0.15, -0.1) is 0 Å². The second-order valence-corrected chi connectivity index (χ2v) is 4.62. The molecule has 1 rings (SSSR count). The van der Waals surface area contributed by atoms with Gasteiger partial charge in [-0.25, -0.2) is 4.68 Å². The van der Waals surface area contributed by atoms with Crippen molar-refractivity contribution >= 4 is 5.95 Å². The summed E-state index contributed by atoms with van der Waals surface area (Å²) in [4.78, 5) is 0. The van der Waals surface area contributed by atoms with Gasteiger partial charge in [-0.05, 0) is 21.8 Å². The fraction of sp³-hybridized carbons (Fsp3) is 0.889. The zero-order valence-electron chi connectivity index (χ0n) is 9.57. The molecule has 5 nitrogen and oxygen atoms in total. The van der Waals surface area contributed by atoms with E-state index in [9.17, 15) is 0 Å². The van der Waals surface area contributed by atoms with E-state index in [1.807, 2.05) is 7.05 Å². The molecule has 1 N–H and O–H groups in total. The molecule has 0 fully saturated rings. The molecule has 0 amide bonds. The number of nitrogens with one attached hydrogen (secondary N) is 1. The monoisotopic (exact) mass is 197 g/mol. The first-order chi connectivity index (χ1) is 6.43. The number of tetrazole rings is 1. The Morgan fingerprint density at radius 1 is 1.43 bits per heavy atom. The molecule has 0 bridgehead atoms. The van der Waals surface area contributed by atoms with E-state index in [1.54, 1.807) is 4.68 Å². The third-order valence-corrected chi connectivity index (χ3v) is 2.89. The van der Waals surface area contributed by atoms with Crippen LogP contribution >= 0.6 is 0 Å². The van der Waals surface area contributed by atoms with Crippen molar-refractivity contribution in [2.24, 2.45) is 18.4 Å². The van der Waals surface area contributed by atoms with Gasteiger partial charge < -0.3 is 5.32 Å². The lowest BCUT2D eigenvalue weighted by Crippen LogP contribution is -2.29. The van der Waals surface area contributed by atoms with Gasteiger partial charge in [0.05, 0.1) is 0 Å². The van der Waals surface area contributed by atoms with Crippen LogP contribution in [0.1, 0.15) is 27.7 Å². The van der Waals surface area contributed by atoms with Crippen molar-refractivity contribution in [3.63, 3.8) is 0 Å². The van der Waals surface area contributed by atoms with Crippen molar-refractivity contribution in [2.75, 3.05) is 11.9 Å². The first-order valence-electron chi connectivity index (χ1n) is 4.89. The molecular formula is C9H19N5. The third-order valence-electron chi connectivity index (χ3n) is 2.89. The van der Waals surface area contributed by atoms with Crippen molar-refractivity contribution in [2.45, 2.75) is 27.7 Å². The number of hydrogen-bond donors (Lipinski definition) is 1. The molecule has 80 valence electrons. The maximum Gasteiger partial charge on any atom is 0.242 e. The first-order valence-corrected chi connectivity index (χ1v) is 4.89. The standard InChI is InChI=1S/C9H19N5/c1-7(2)9(3,4)6-10-8-11-12-13-14(8)5/h7H,6H2,1-5H3,(H,10,11,13).